The van der Waals surface area contributed by atoms with Gasteiger partial charge in [-0.05, 0) is 23.6 Å². The fourth-order valence-corrected chi connectivity index (χ4v) is 1.94. The van der Waals surface area contributed by atoms with Crippen LogP contribution >= 0.6 is 0 Å². The monoisotopic (exact) mass is 265 g/mol. The lowest BCUT2D eigenvalue weighted by molar-refractivity contribution is 0.471. The molecule has 0 amide bonds. The lowest BCUT2D eigenvalue weighted by Crippen LogP contribution is -1.97. The molecule has 0 aliphatic carbocycles. The molecule has 0 saturated heterocycles. The van der Waals surface area contributed by atoms with E-state index < -0.39 is 11.6 Å². The lowest BCUT2D eigenvalue weighted by Gasteiger charge is -2.11. The minimum absolute atomic E-state index is 0.0734. The summed E-state index contributed by atoms with van der Waals surface area (Å²) in [5.41, 5.74) is 1.86. The highest BCUT2D eigenvalue weighted by molar-refractivity contribution is 5.64. The molecule has 1 heterocycles. The topological polar surface area (TPSA) is 26.0 Å². The van der Waals surface area contributed by atoms with Crippen molar-refractivity contribution < 1.29 is 13.2 Å². The highest BCUT2D eigenvalue weighted by Crippen LogP contribution is 2.31. The smallest absolute Gasteiger partial charge is 0.197 e. The van der Waals surface area contributed by atoms with Crippen molar-refractivity contribution in [2.24, 2.45) is 0 Å². The third-order valence-corrected chi connectivity index (χ3v) is 3.01. The van der Waals surface area contributed by atoms with Crippen molar-refractivity contribution in [3.05, 3.63) is 41.5 Å². The van der Waals surface area contributed by atoms with Gasteiger partial charge in [-0.2, -0.15) is 0 Å². The Balaban J connectivity index is 2.56. The van der Waals surface area contributed by atoms with Crippen LogP contribution < -0.4 is 0 Å². The number of oxazole rings is 1. The van der Waals surface area contributed by atoms with E-state index in [2.05, 4.69) is 4.98 Å². The maximum atomic E-state index is 13.4. The highest BCUT2D eigenvalue weighted by Gasteiger charge is 2.17. The Labute approximate surface area is 111 Å². The molecule has 2 aromatic rings. The second kappa shape index (κ2) is 5.11. The van der Waals surface area contributed by atoms with E-state index in [1.54, 1.807) is 0 Å². The quantitative estimate of drug-likeness (QED) is 0.791. The standard InChI is InChI=1S/C15H17F2NO/c1-8(2)10-5-12(16)13(17)6-11(10)14-7-19-15(18-14)9(3)4/h5-9H,1-4H3. The van der Waals surface area contributed by atoms with Crippen LogP contribution in [0, 0.1) is 11.6 Å². The molecule has 4 heteroatoms. The van der Waals surface area contributed by atoms with Crippen LogP contribution in [-0.4, -0.2) is 4.98 Å². The van der Waals surface area contributed by atoms with Gasteiger partial charge in [-0.1, -0.05) is 27.7 Å². The molecule has 2 nitrogen and oxygen atoms in total. The van der Waals surface area contributed by atoms with E-state index in [9.17, 15) is 8.78 Å². The van der Waals surface area contributed by atoms with Crippen molar-refractivity contribution in [1.82, 2.24) is 4.98 Å². The molecule has 0 spiro atoms. The van der Waals surface area contributed by atoms with Crippen LogP contribution in [0.4, 0.5) is 8.78 Å². The van der Waals surface area contributed by atoms with Gasteiger partial charge in [-0.3, -0.25) is 0 Å². The van der Waals surface area contributed by atoms with E-state index >= 15 is 0 Å². The largest absolute Gasteiger partial charge is 0.448 e. The molecule has 0 bridgehead atoms. The van der Waals surface area contributed by atoms with Crippen LogP contribution in [0.15, 0.2) is 22.8 Å². The molecule has 2 rings (SSSR count). The molecule has 19 heavy (non-hydrogen) atoms. The summed E-state index contributed by atoms with van der Waals surface area (Å²) in [7, 11) is 0. The van der Waals surface area contributed by atoms with E-state index in [4.69, 9.17) is 4.42 Å². The van der Waals surface area contributed by atoms with Crippen LogP contribution in [0.2, 0.25) is 0 Å². The molecule has 0 unspecified atom stereocenters. The van der Waals surface area contributed by atoms with Gasteiger partial charge in [0.25, 0.3) is 0 Å². The van der Waals surface area contributed by atoms with Crippen molar-refractivity contribution in [3.63, 3.8) is 0 Å². The molecule has 102 valence electrons. The maximum absolute atomic E-state index is 13.4. The molecule has 0 fully saturated rings. The summed E-state index contributed by atoms with van der Waals surface area (Å²) in [5, 5.41) is 0. The van der Waals surface area contributed by atoms with Crippen molar-refractivity contribution in [2.75, 3.05) is 0 Å². The Morgan fingerprint density at radius 3 is 2.16 bits per heavy atom. The number of benzene rings is 1. The summed E-state index contributed by atoms with van der Waals surface area (Å²) in [6.45, 7) is 7.79. The summed E-state index contributed by atoms with van der Waals surface area (Å²) in [6, 6.07) is 2.42. The van der Waals surface area contributed by atoms with E-state index in [0.717, 1.165) is 5.56 Å². The molecule has 1 aromatic carbocycles. The normalized spacial score (nSPS) is 11.6. The molecule has 0 aliphatic rings. The lowest BCUT2D eigenvalue weighted by atomic mass is 9.95. The zero-order valence-corrected chi connectivity index (χ0v) is 11.5. The summed E-state index contributed by atoms with van der Waals surface area (Å²) in [6.07, 6.45) is 1.49. The Hall–Kier alpha value is -1.71. The van der Waals surface area contributed by atoms with Gasteiger partial charge in [-0.25, -0.2) is 13.8 Å². The SMILES string of the molecule is CC(C)c1nc(-c2cc(F)c(F)cc2C(C)C)co1. The Bertz CT molecular complexity index is 588. The molecule has 0 aliphatic heterocycles. The number of hydrogen-bond donors (Lipinski definition) is 0. The van der Waals surface area contributed by atoms with E-state index in [0.29, 0.717) is 17.1 Å². The van der Waals surface area contributed by atoms with Crippen LogP contribution in [0.25, 0.3) is 11.3 Å². The van der Waals surface area contributed by atoms with Gasteiger partial charge in [0.15, 0.2) is 17.5 Å². The summed E-state index contributed by atoms with van der Waals surface area (Å²) >= 11 is 0. The van der Waals surface area contributed by atoms with Crippen molar-refractivity contribution >= 4 is 0 Å². The molecule has 0 radical (unpaired) electrons. The Kier molecular flexibility index (Phi) is 3.69. The minimum Gasteiger partial charge on any atom is -0.448 e. The number of rotatable bonds is 3. The molecule has 0 atom stereocenters. The van der Waals surface area contributed by atoms with Gasteiger partial charge in [-0.15, -0.1) is 0 Å². The fraction of sp³-hybridized carbons (Fsp3) is 0.400. The molecule has 0 saturated carbocycles. The van der Waals surface area contributed by atoms with Crippen molar-refractivity contribution in [2.45, 2.75) is 39.5 Å². The van der Waals surface area contributed by atoms with Crippen molar-refractivity contribution in [3.8, 4) is 11.3 Å². The maximum Gasteiger partial charge on any atom is 0.197 e. The minimum atomic E-state index is -0.867. The predicted octanol–water partition coefficient (Wildman–Crippen LogP) is 4.87. The zero-order chi connectivity index (χ0) is 14.2. The third kappa shape index (κ3) is 2.67. The van der Waals surface area contributed by atoms with Gasteiger partial charge < -0.3 is 4.42 Å². The zero-order valence-electron chi connectivity index (χ0n) is 11.5. The van der Waals surface area contributed by atoms with Crippen LogP contribution in [0.5, 0.6) is 0 Å². The number of halogens is 2. The third-order valence-electron chi connectivity index (χ3n) is 3.01. The average molecular weight is 265 g/mol. The fourth-order valence-electron chi connectivity index (χ4n) is 1.94. The average Bonchev–Trinajstić information content (AvgIpc) is 2.81. The van der Waals surface area contributed by atoms with E-state index in [1.807, 2.05) is 27.7 Å². The second-order valence-corrected chi connectivity index (χ2v) is 5.23. The molecule has 1 aromatic heterocycles. The van der Waals surface area contributed by atoms with Crippen LogP contribution in [0.3, 0.4) is 0 Å². The van der Waals surface area contributed by atoms with Gasteiger partial charge in [0.2, 0.25) is 0 Å². The number of nitrogens with zero attached hydrogens (tertiary/aromatic N) is 1. The van der Waals surface area contributed by atoms with E-state index in [1.165, 1.54) is 18.4 Å². The Morgan fingerprint density at radius 1 is 1.00 bits per heavy atom. The molecule has 0 N–H and O–H groups in total. The summed E-state index contributed by atoms with van der Waals surface area (Å²) in [4.78, 5) is 4.34. The summed E-state index contributed by atoms with van der Waals surface area (Å²) < 4.78 is 32.1. The number of aromatic nitrogens is 1. The number of hydrogen-bond acceptors (Lipinski definition) is 2. The van der Waals surface area contributed by atoms with Gasteiger partial charge in [0, 0.05) is 11.5 Å². The van der Waals surface area contributed by atoms with Gasteiger partial charge >= 0.3 is 0 Å². The first kappa shape index (κ1) is 13.7. The molecular weight excluding hydrogens is 248 g/mol. The Morgan fingerprint density at radius 2 is 1.63 bits per heavy atom. The van der Waals surface area contributed by atoms with Gasteiger partial charge in [0.1, 0.15) is 12.0 Å². The first-order valence-corrected chi connectivity index (χ1v) is 6.35. The van der Waals surface area contributed by atoms with Crippen molar-refractivity contribution in [1.29, 1.82) is 0 Å². The van der Waals surface area contributed by atoms with Crippen LogP contribution in [-0.2, 0) is 0 Å². The van der Waals surface area contributed by atoms with Gasteiger partial charge in [0.05, 0.1) is 0 Å². The van der Waals surface area contributed by atoms with E-state index in [-0.39, 0.29) is 11.8 Å². The first-order chi connectivity index (χ1) is 8.90. The van der Waals surface area contributed by atoms with Crippen LogP contribution in [0.1, 0.15) is 51.0 Å². The first-order valence-electron chi connectivity index (χ1n) is 6.35. The summed E-state index contributed by atoms with van der Waals surface area (Å²) in [5.74, 6) is -0.881. The second-order valence-electron chi connectivity index (χ2n) is 5.23. The predicted molar refractivity (Wildman–Crippen MR) is 70.0 cm³/mol. The molecular formula is C15H17F2NO. The highest BCUT2D eigenvalue weighted by atomic mass is 19.2.